The van der Waals surface area contributed by atoms with Crippen LogP contribution < -0.4 is 0 Å². The van der Waals surface area contributed by atoms with Gasteiger partial charge in [-0.2, -0.15) is 0 Å². The predicted octanol–water partition coefficient (Wildman–Crippen LogP) is 4.10. The van der Waals surface area contributed by atoms with Gasteiger partial charge in [0.05, 0.1) is 0 Å². The maximum atomic E-state index is 9.29. The Morgan fingerprint density at radius 3 is 1.73 bits per heavy atom. The lowest BCUT2D eigenvalue weighted by Gasteiger charge is -2.20. The normalized spacial score (nSPS) is 16.0. The van der Waals surface area contributed by atoms with Crippen molar-refractivity contribution in [3.63, 3.8) is 0 Å². The average molecular weight is 214 g/mol. The molecule has 0 radical (unpaired) electrons. The molecule has 0 aliphatic carbocycles. The number of hydrogen-bond acceptors (Lipinski definition) is 1. The van der Waals surface area contributed by atoms with Gasteiger partial charge in [0.2, 0.25) is 0 Å². The van der Waals surface area contributed by atoms with Gasteiger partial charge in [0.1, 0.15) is 0 Å². The number of rotatable bonds is 8. The molecule has 0 saturated heterocycles. The Hall–Kier alpha value is -0.0400. The first-order valence-corrected chi connectivity index (χ1v) is 6.58. The number of aliphatic hydroxyl groups is 1. The van der Waals surface area contributed by atoms with Gasteiger partial charge in [0.15, 0.2) is 0 Å². The first kappa shape index (κ1) is 15.0. The van der Waals surface area contributed by atoms with Crippen LogP contribution in [0.1, 0.15) is 60.3 Å². The molecule has 2 atom stereocenters. The highest BCUT2D eigenvalue weighted by Crippen LogP contribution is 2.22. The fraction of sp³-hybridized carbons (Fsp3) is 1.00. The summed E-state index contributed by atoms with van der Waals surface area (Å²) in [7, 11) is 0. The van der Waals surface area contributed by atoms with E-state index in [-0.39, 0.29) is 0 Å². The molecule has 15 heavy (non-hydrogen) atoms. The lowest BCUT2D eigenvalue weighted by atomic mass is 9.87. The summed E-state index contributed by atoms with van der Waals surface area (Å²) in [5.41, 5.74) is 0. The molecule has 1 N–H and O–H groups in total. The Morgan fingerprint density at radius 2 is 1.33 bits per heavy atom. The molecule has 0 spiro atoms. The SMILES string of the molecule is CC(C)CCC(CO)CCC(C)C(C)C. The average Bonchev–Trinajstić information content (AvgIpc) is 2.17. The Kier molecular flexibility index (Phi) is 8.13. The van der Waals surface area contributed by atoms with Crippen LogP contribution in [0.4, 0.5) is 0 Å². The molecule has 0 heterocycles. The summed E-state index contributed by atoms with van der Waals surface area (Å²) in [6, 6.07) is 0. The summed E-state index contributed by atoms with van der Waals surface area (Å²) < 4.78 is 0. The Morgan fingerprint density at radius 1 is 0.800 bits per heavy atom. The van der Waals surface area contributed by atoms with E-state index in [1.807, 2.05) is 0 Å². The van der Waals surface area contributed by atoms with Gasteiger partial charge >= 0.3 is 0 Å². The minimum Gasteiger partial charge on any atom is -0.396 e. The maximum Gasteiger partial charge on any atom is 0.0459 e. The van der Waals surface area contributed by atoms with Crippen LogP contribution in [0.5, 0.6) is 0 Å². The molecule has 0 aromatic rings. The molecule has 0 rings (SSSR count). The van der Waals surface area contributed by atoms with Gasteiger partial charge in [-0.1, -0.05) is 47.5 Å². The van der Waals surface area contributed by atoms with Crippen molar-refractivity contribution in [1.82, 2.24) is 0 Å². The predicted molar refractivity (Wildman–Crippen MR) is 67.9 cm³/mol. The third-order valence-electron chi connectivity index (χ3n) is 3.58. The quantitative estimate of drug-likeness (QED) is 0.645. The van der Waals surface area contributed by atoms with Crippen LogP contribution >= 0.6 is 0 Å². The molecule has 92 valence electrons. The fourth-order valence-corrected chi connectivity index (χ4v) is 1.73. The molecule has 0 aliphatic rings. The van der Waals surface area contributed by atoms with Crippen LogP contribution in [0.25, 0.3) is 0 Å². The summed E-state index contributed by atoms with van der Waals surface area (Å²) in [6.45, 7) is 11.8. The zero-order chi connectivity index (χ0) is 11.8. The van der Waals surface area contributed by atoms with E-state index in [9.17, 15) is 5.11 Å². The monoisotopic (exact) mass is 214 g/mol. The van der Waals surface area contributed by atoms with E-state index in [4.69, 9.17) is 0 Å². The highest BCUT2D eigenvalue weighted by Gasteiger charge is 2.12. The lowest BCUT2D eigenvalue weighted by Crippen LogP contribution is -2.11. The molecule has 0 bridgehead atoms. The molecule has 0 fully saturated rings. The summed E-state index contributed by atoms with van der Waals surface area (Å²) in [6.07, 6.45) is 4.91. The maximum absolute atomic E-state index is 9.29. The largest absolute Gasteiger partial charge is 0.396 e. The summed E-state index contributed by atoms with van der Waals surface area (Å²) in [5, 5.41) is 9.29. The minimum atomic E-state index is 0.373. The van der Waals surface area contributed by atoms with Gasteiger partial charge in [-0.3, -0.25) is 0 Å². The van der Waals surface area contributed by atoms with Crippen molar-refractivity contribution in [2.75, 3.05) is 6.61 Å². The van der Waals surface area contributed by atoms with Crippen LogP contribution in [-0.4, -0.2) is 11.7 Å². The molecule has 2 unspecified atom stereocenters. The molecule has 1 heteroatoms. The summed E-state index contributed by atoms with van der Waals surface area (Å²) >= 11 is 0. The zero-order valence-electron chi connectivity index (χ0n) is 11.3. The summed E-state index contributed by atoms with van der Waals surface area (Å²) in [4.78, 5) is 0. The highest BCUT2D eigenvalue weighted by molar-refractivity contribution is 4.64. The van der Waals surface area contributed by atoms with Gasteiger partial charge < -0.3 is 5.11 Å². The Balaban J connectivity index is 3.70. The van der Waals surface area contributed by atoms with E-state index < -0.39 is 0 Å². The second kappa shape index (κ2) is 8.15. The molecular formula is C14H30O. The van der Waals surface area contributed by atoms with Crippen molar-refractivity contribution in [1.29, 1.82) is 0 Å². The van der Waals surface area contributed by atoms with Crippen molar-refractivity contribution >= 4 is 0 Å². The van der Waals surface area contributed by atoms with E-state index in [2.05, 4.69) is 34.6 Å². The van der Waals surface area contributed by atoms with Crippen molar-refractivity contribution in [3.05, 3.63) is 0 Å². The van der Waals surface area contributed by atoms with Crippen molar-refractivity contribution in [2.24, 2.45) is 23.7 Å². The molecule has 0 aromatic carbocycles. The van der Waals surface area contributed by atoms with Crippen molar-refractivity contribution in [2.45, 2.75) is 60.3 Å². The molecule has 1 nitrogen and oxygen atoms in total. The van der Waals surface area contributed by atoms with Crippen molar-refractivity contribution < 1.29 is 5.11 Å². The van der Waals surface area contributed by atoms with Gasteiger partial charge in [-0.05, 0) is 36.5 Å². The van der Waals surface area contributed by atoms with Gasteiger partial charge in [0, 0.05) is 6.61 Å². The topological polar surface area (TPSA) is 20.2 Å². The van der Waals surface area contributed by atoms with E-state index >= 15 is 0 Å². The van der Waals surface area contributed by atoms with Gasteiger partial charge in [-0.15, -0.1) is 0 Å². The zero-order valence-corrected chi connectivity index (χ0v) is 11.3. The minimum absolute atomic E-state index is 0.373. The Labute approximate surface area is 96.3 Å². The van der Waals surface area contributed by atoms with E-state index in [1.54, 1.807) is 0 Å². The second-order valence-corrected chi connectivity index (χ2v) is 5.82. The number of hydrogen-bond donors (Lipinski definition) is 1. The van der Waals surface area contributed by atoms with E-state index in [1.165, 1.54) is 25.7 Å². The molecular weight excluding hydrogens is 184 g/mol. The third kappa shape index (κ3) is 7.84. The third-order valence-corrected chi connectivity index (χ3v) is 3.58. The van der Waals surface area contributed by atoms with Gasteiger partial charge in [-0.25, -0.2) is 0 Å². The fourth-order valence-electron chi connectivity index (χ4n) is 1.73. The molecule has 0 saturated carbocycles. The smallest absolute Gasteiger partial charge is 0.0459 e. The first-order valence-electron chi connectivity index (χ1n) is 6.58. The van der Waals surface area contributed by atoms with Crippen LogP contribution in [0.3, 0.4) is 0 Å². The van der Waals surface area contributed by atoms with Crippen LogP contribution in [0.2, 0.25) is 0 Å². The van der Waals surface area contributed by atoms with Crippen LogP contribution in [0.15, 0.2) is 0 Å². The Bertz CT molecular complexity index is 140. The first-order chi connectivity index (χ1) is 6.97. The molecule has 0 aliphatic heterocycles. The standard InChI is InChI=1S/C14H30O/c1-11(2)6-8-14(10-15)9-7-13(5)12(3)4/h11-15H,6-10H2,1-5H3. The van der Waals surface area contributed by atoms with Crippen LogP contribution in [0, 0.1) is 23.7 Å². The van der Waals surface area contributed by atoms with Crippen molar-refractivity contribution in [3.8, 4) is 0 Å². The van der Waals surface area contributed by atoms with Gasteiger partial charge in [0.25, 0.3) is 0 Å². The van der Waals surface area contributed by atoms with E-state index in [0.717, 1.165) is 17.8 Å². The molecule has 0 aromatic heterocycles. The summed E-state index contributed by atoms with van der Waals surface area (Å²) in [5.74, 6) is 2.86. The van der Waals surface area contributed by atoms with E-state index in [0.29, 0.717) is 12.5 Å². The lowest BCUT2D eigenvalue weighted by molar-refractivity contribution is 0.192. The highest BCUT2D eigenvalue weighted by atomic mass is 16.3. The van der Waals surface area contributed by atoms with Crippen LogP contribution in [-0.2, 0) is 0 Å². The number of aliphatic hydroxyl groups excluding tert-OH is 1. The second-order valence-electron chi connectivity index (χ2n) is 5.82. The molecule has 0 amide bonds.